The molecule has 1 atom stereocenters. The van der Waals surface area contributed by atoms with Crippen LogP contribution in [0.5, 0.6) is 0 Å². The number of likely N-dealkylation sites (tertiary alicyclic amines) is 1. The Bertz CT molecular complexity index is 611. The maximum absolute atomic E-state index is 12.2. The first-order valence-electron chi connectivity index (χ1n) is 7.19. The number of hydrogen-bond acceptors (Lipinski definition) is 5. The smallest absolute Gasteiger partial charge is 0.231 e. The number of hydrogen-bond donors (Lipinski definition) is 0. The van der Waals surface area contributed by atoms with Crippen LogP contribution in [0.2, 0.25) is 0 Å². The first kappa shape index (κ1) is 13.7. The lowest BCUT2D eigenvalue weighted by Gasteiger charge is -2.15. The lowest BCUT2D eigenvalue weighted by Crippen LogP contribution is -2.28. The first-order valence-corrected chi connectivity index (χ1v) is 7.19. The summed E-state index contributed by atoms with van der Waals surface area (Å²) in [4.78, 5) is 22.4. The number of aryl methyl sites for hydroxylation is 2. The van der Waals surface area contributed by atoms with Crippen LogP contribution in [0.4, 0.5) is 0 Å². The molecule has 21 heavy (non-hydrogen) atoms. The van der Waals surface area contributed by atoms with Crippen LogP contribution in [0.15, 0.2) is 29.0 Å². The van der Waals surface area contributed by atoms with Crippen molar-refractivity contribution in [3.05, 3.63) is 41.8 Å². The van der Waals surface area contributed by atoms with Crippen LogP contribution in [0.3, 0.4) is 0 Å². The molecule has 3 heterocycles. The van der Waals surface area contributed by atoms with Gasteiger partial charge in [-0.05, 0) is 31.4 Å². The fourth-order valence-electron chi connectivity index (χ4n) is 2.62. The van der Waals surface area contributed by atoms with Crippen LogP contribution >= 0.6 is 0 Å². The minimum atomic E-state index is 0.175. The van der Waals surface area contributed by atoms with E-state index >= 15 is 0 Å². The SMILES string of the molecule is Cc1noc([C@@H]2CCN(C(=O)CCc3cccnc3)C2)n1. The highest BCUT2D eigenvalue weighted by molar-refractivity contribution is 5.76. The van der Waals surface area contributed by atoms with E-state index in [0.717, 1.165) is 24.9 Å². The number of amides is 1. The van der Waals surface area contributed by atoms with Crippen molar-refractivity contribution < 1.29 is 9.32 Å². The standard InChI is InChI=1S/C15H18N4O2/c1-11-17-15(21-18-11)13-6-8-19(10-13)14(20)5-4-12-3-2-7-16-9-12/h2-3,7,9,13H,4-6,8,10H2,1H3/t13-/m1/s1. The van der Waals surface area contributed by atoms with E-state index < -0.39 is 0 Å². The normalized spacial score (nSPS) is 18.1. The van der Waals surface area contributed by atoms with Gasteiger partial charge in [-0.1, -0.05) is 11.2 Å². The van der Waals surface area contributed by atoms with E-state index in [4.69, 9.17) is 4.52 Å². The number of aromatic nitrogens is 3. The first-order chi connectivity index (χ1) is 10.2. The Kier molecular flexibility index (Phi) is 3.94. The molecular weight excluding hydrogens is 268 g/mol. The molecule has 6 nitrogen and oxygen atoms in total. The molecule has 2 aromatic heterocycles. The van der Waals surface area contributed by atoms with Crippen LogP contribution in [0.1, 0.15) is 36.0 Å². The molecule has 1 saturated heterocycles. The summed E-state index contributed by atoms with van der Waals surface area (Å²) in [6.07, 6.45) is 5.68. The highest BCUT2D eigenvalue weighted by Gasteiger charge is 2.30. The fourth-order valence-corrected chi connectivity index (χ4v) is 2.62. The van der Waals surface area contributed by atoms with Gasteiger partial charge in [0, 0.05) is 31.9 Å². The van der Waals surface area contributed by atoms with Crippen LogP contribution in [-0.2, 0) is 11.2 Å². The molecule has 0 N–H and O–H groups in total. The van der Waals surface area contributed by atoms with Crippen molar-refractivity contribution in [3.8, 4) is 0 Å². The van der Waals surface area contributed by atoms with E-state index in [9.17, 15) is 4.79 Å². The molecule has 0 bridgehead atoms. The average molecular weight is 286 g/mol. The van der Waals surface area contributed by atoms with Crippen LogP contribution in [0, 0.1) is 6.92 Å². The van der Waals surface area contributed by atoms with Gasteiger partial charge in [0.25, 0.3) is 0 Å². The second kappa shape index (κ2) is 6.03. The van der Waals surface area contributed by atoms with E-state index in [-0.39, 0.29) is 11.8 Å². The minimum absolute atomic E-state index is 0.175. The van der Waals surface area contributed by atoms with Crippen molar-refractivity contribution in [2.24, 2.45) is 0 Å². The zero-order valence-corrected chi connectivity index (χ0v) is 12.0. The number of pyridine rings is 1. The molecule has 1 amide bonds. The Morgan fingerprint density at radius 1 is 1.52 bits per heavy atom. The molecule has 1 aliphatic heterocycles. The average Bonchev–Trinajstić information content (AvgIpc) is 3.14. The highest BCUT2D eigenvalue weighted by atomic mass is 16.5. The van der Waals surface area contributed by atoms with Crippen molar-refractivity contribution in [2.75, 3.05) is 13.1 Å². The summed E-state index contributed by atoms with van der Waals surface area (Å²) >= 11 is 0. The monoisotopic (exact) mass is 286 g/mol. The molecule has 1 fully saturated rings. The van der Waals surface area contributed by atoms with E-state index in [1.54, 1.807) is 19.3 Å². The van der Waals surface area contributed by atoms with E-state index in [1.807, 2.05) is 17.0 Å². The molecule has 0 unspecified atom stereocenters. The third-order valence-electron chi connectivity index (χ3n) is 3.78. The molecule has 0 radical (unpaired) electrons. The predicted octanol–water partition coefficient (Wildman–Crippen LogP) is 1.72. The van der Waals surface area contributed by atoms with Gasteiger partial charge >= 0.3 is 0 Å². The summed E-state index contributed by atoms with van der Waals surface area (Å²) in [5, 5.41) is 3.81. The number of rotatable bonds is 4. The summed E-state index contributed by atoms with van der Waals surface area (Å²) in [6.45, 7) is 3.24. The highest BCUT2D eigenvalue weighted by Crippen LogP contribution is 2.26. The van der Waals surface area contributed by atoms with Crippen molar-refractivity contribution in [2.45, 2.75) is 32.1 Å². The topological polar surface area (TPSA) is 72.1 Å². The van der Waals surface area contributed by atoms with Gasteiger partial charge in [0.2, 0.25) is 11.8 Å². The summed E-state index contributed by atoms with van der Waals surface area (Å²) in [5.74, 6) is 1.65. The van der Waals surface area contributed by atoms with Gasteiger partial charge in [0.15, 0.2) is 5.82 Å². The second-order valence-corrected chi connectivity index (χ2v) is 5.37. The summed E-state index contributed by atoms with van der Waals surface area (Å²) < 4.78 is 5.20. The minimum Gasteiger partial charge on any atom is -0.342 e. The van der Waals surface area contributed by atoms with E-state index in [1.165, 1.54) is 0 Å². The summed E-state index contributed by atoms with van der Waals surface area (Å²) in [5.41, 5.74) is 1.09. The lowest BCUT2D eigenvalue weighted by molar-refractivity contribution is -0.130. The van der Waals surface area contributed by atoms with Crippen molar-refractivity contribution in [3.63, 3.8) is 0 Å². The van der Waals surface area contributed by atoms with Gasteiger partial charge in [-0.2, -0.15) is 4.98 Å². The molecule has 3 rings (SSSR count). The summed E-state index contributed by atoms with van der Waals surface area (Å²) in [7, 11) is 0. The molecule has 0 aromatic carbocycles. The van der Waals surface area contributed by atoms with Gasteiger partial charge in [0.1, 0.15) is 0 Å². The molecule has 1 aliphatic rings. The number of carbonyl (C=O) groups excluding carboxylic acids is 1. The Balaban J connectivity index is 1.52. The zero-order chi connectivity index (χ0) is 14.7. The van der Waals surface area contributed by atoms with Gasteiger partial charge in [-0.3, -0.25) is 9.78 Å². The van der Waals surface area contributed by atoms with Gasteiger partial charge < -0.3 is 9.42 Å². The van der Waals surface area contributed by atoms with Crippen LogP contribution < -0.4 is 0 Å². The molecule has 6 heteroatoms. The maximum atomic E-state index is 12.2. The molecule has 2 aromatic rings. The molecular formula is C15H18N4O2. The van der Waals surface area contributed by atoms with E-state index in [0.29, 0.717) is 24.7 Å². The van der Waals surface area contributed by atoms with Crippen LogP contribution in [0.25, 0.3) is 0 Å². The Labute approximate surface area is 123 Å². The third-order valence-corrected chi connectivity index (χ3v) is 3.78. The van der Waals surface area contributed by atoms with E-state index in [2.05, 4.69) is 15.1 Å². The fraction of sp³-hybridized carbons (Fsp3) is 0.467. The Hall–Kier alpha value is -2.24. The van der Waals surface area contributed by atoms with Gasteiger partial charge in [-0.25, -0.2) is 0 Å². The molecule has 0 spiro atoms. The predicted molar refractivity (Wildman–Crippen MR) is 75.5 cm³/mol. The quantitative estimate of drug-likeness (QED) is 0.855. The Morgan fingerprint density at radius 3 is 3.14 bits per heavy atom. The molecule has 0 aliphatic carbocycles. The van der Waals surface area contributed by atoms with Crippen molar-refractivity contribution >= 4 is 5.91 Å². The zero-order valence-electron chi connectivity index (χ0n) is 12.0. The lowest BCUT2D eigenvalue weighted by atomic mass is 10.1. The number of nitrogens with zero attached hydrogens (tertiary/aromatic N) is 4. The van der Waals surface area contributed by atoms with Gasteiger partial charge in [-0.15, -0.1) is 0 Å². The molecule has 110 valence electrons. The van der Waals surface area contributed by atoms with Crippen molar-refractivity contribution in [1.29, 1.82) is 0 Å². The summed E-state index contributed by atoms with van der Waals surface area (Å²) in [6, 6.07) is 3.89. The third kappa shape index (κ3) is 3.26. The van der Waals surface area contributed by atoms with Crippen molar-refractivity contribution in [1.82, 2.24) is 20.0 Å². The van der Waals surface area contributed by atoms with Gasteiger partial charge in [0.05, 0.1) is 5.92 Å². The Morgan fingerprint density at radius 2 is 2.43 bits per heavy atom. The second-order valence-electron chi connectivity index (χ2n) is 5.37. The van der Waals surface area contributed by atoms with Crippen LogP contribution in [-0.4, -0.2) is 39.0 Å². The largest absolute Gasteiger partial charge is 0.342 e. The molecule has 0 saturated carbocycles. The maximum Gasteiger partial charge on any atom is 0.231 e. The number of carbonyl (C=O) groups is 1.